The SMILES string of the molecule is CC(=O)N1C(=O)CCCc2cc(Cl)ccc21. The monoisotopic (exact) mass is 237 g/mol. The van der Waals surface area contributed by atoms with Crippen LogP contribution in [0.1, 0.15) is 25.3 Å². The van der Waals surface area contributed by atoms with Crippen LogP contribution < -0.4 is 4.90 Å². The second kappa shape index (κ2) is 4.26. The Kier molecular flexibility index (Phi) is 2.97. The van der Waals surface area contributed by atoms with Crippen molar-refractivity contribution in [3.63, 3.8) is 0 Å². The van der Waals surface area contributed by atoms with Crippen LogP contribution in [0.5, 0.6) is 0 Å². The van der Waals surface area contributed by atoms with E-state index >= 15 is 0 Å². The lowest BCUT2D eigenvalue weighted by Gasteiger charge is -2.19. The Morgan fingerprint density at radius 3 is 2.81 bits per heavy atom. The molecule has 2 rings (SSSR count). The highest BCUT2D eigenvalue weighted by atomic mass is 35.5. The van der Waals surface area contributed by atoms with Gasteiger partial charge < -0.3 is 0 Å². The minimum atomic E-state index is -0.240. The van der Waals surface area contributed by atoms with E-state index in [0.717, 1.165) is 18.4 Å². The van der Waals surface area contributed by atoms with E-state index < -0.39 is 0 Å². The van der Waals surface area contributed by atoms with Crippen LogP contribution in [0.2, 0.25) is 5.02 Å². The van der Waals surface area contributed by atoms with Crippen molar-refractivity contribution in [2.24, 2.45) is 0 Å². The predicted octanol–water partition coefficient (Wildman–Crippen LogP) is 2.56. The maximum absolute atomic E-state index is 11.8. The maximum Gasteiger partial charge on any atom is 0.233 e. The summed E-state index contributed by atoms with van der Waals surface area (Å²) in [4.78, 5) is 24.5. The molecule has 3 nitrogen and oxygen atoms in total. The molecule has 0 saturated carbocycles. The number of aryl methyl sites for hydroxylation is 1. The number of fused-ring (bicyclic) bond motifs is 1. The smallest absolute Gasteiger partial charge is 0.233 e. The summed E-state index contributed by atoms with van der Waals surface area (Å²) in [5, 5.41) is 0.636. The van der Waals surface area contributed by atoms with Gasteiger partial charge in [-0.25, -0.2) is 0 Å². The average molecular weight is 238 g/mol. The number of anilines is 1. The molecule has 0 N–H and O–H groups in total. The highest BCUT2D eigenvalue weighted by Crippen LogP contribution is 2.29. The first-order chi connectivity index (χ1) is 7.59. The molecule has 0 atom stereocenters. The standard InChI is InChI=1S/C12H12ClNO2/c1-8(15)14-11-6-5-10(13)7-9(11)3-2-4-12(14)16/h5-7H,2-4H2,1H3. The van der Waals surface area contributed by atoms with Crippen LogP contribution in [0.25, 0.3) is 0 Å². The van der Waals surface area contributed by atoms with Gasteiger partial charge in [0.1, 0.15) is 0 Å². The molecule has 1 aromatic rings. The lowest BCUT2D eigenvalue weighted by Crippen LogP contribution is -2.34. The van der Waals surface area contributed by atoms with Crippen molar-refractivity contribution in [1.29, 1.82) is 0 Å². The van der Waals surface area contributed by atoms with Gasteiger partial charge in [-0.1, -0.05) is 11.6 Å². The molecule has 0 unspecified atom stereocenters. The first kappa shape index (κ1) is 11.1. The molecule has 2 amide bonds. The van der Waals surface area contributed by atoms with Gasteiger partial charge in [0.25, 0.3) is 0 Å². The number of amides is 2. The molecule has 4 heteroatoms. The van der Waals surface area contributed by atoms with E-state index in [2.05, 4.69) is 0 Å². The lowest BCUT2D eigenvalue weighted by molar-refractivity contribution is -0.125. The van der Waals surface area contributed by atoms with Gasteiger partial charge in [0.15, 0.2) is 0 Å². The number of hydrogen-bond acceptors (Lipinski definition) is 2. The second-order valence-electron chi connectivity index (χ2n) is 3.87. The molecule has 0 aromatic heterocycles. The van der Waals surface area contributed by atoms with Gasteiger partial charge in [0.05, 0.1) is 5.69 Å². The highest BCUT2D eigenvalue weighted by Gasteiger charge is 2.25. The Hall–Kier alpha value is -1.35. The summed E-state index contributed by atoms with van der Waals surface area (Å²) in [7, 11) is 0. The van der Waals surface area contributed by atoms with E-state index in [0.29, 0.717) is 17.1 Å². The molecule has 1 aliphatic rings. The van der Waals surface area contributed by atoms with Crippen LogP contribution in [0.15, 0.2) is 18.2 Å². The second-order valence-corrected chi connectivity index (χ2v) is 4.31. The first-order valence-electron chi connectivity index (χ1n) is 5.21. The lowest BCUT2D eigenvalue weighted by atomic mass is 10.1. The molecule has 1 heterocycles. The zero-order valence-corrected chi connectivity index (χ0v) is 9.75. The molecule has 1 aliphatic heterocycles. The van der Waals surface area contributed by atoms with Crippen molar-refractivity contribution in [2.45, 2.75) is 26.2 Å². The first-order valence-corrected chi connectivity index (χ1v) is 5.59. The molecule has 0 bridgehead atoms. The van der Waals surface area contributed by atoms with Crippen molar-refractivity contribution in [3.8, 4) is 0 Å². The van der Waals surface area contributed by atoms with Crippen molar-refractivity contribution in [1.82, 2.24) is 0 Å². The Labute approximate surface area is 99.0 Å². The average Bonchev–Trinajstić information content (AvgIpc) is 2.35. The van der Waals surface area contributed by atoms with Gasteiger partial charge in [0, 0.05) is 18.4 Å². The number of imide groups is 1. The van der Waals surface area contributed by atoms with E-state index in [1.165, 1.54) is 11.8 Å². The number of carbonyl (C=O) groups excluding carboxylic acids is 2. The molecule has 0 radical (unpaired) electrons. The van der Waals surface area contributed by atoms with Gasteiger partial charge in [-0.3, -0.25) is 14.5 Å². The zero-order chi connectivity index (χ0) is 11.7. The van der Waals surface area contributed by atoms with Crippen molar-refractivity contribution in [3.05, 3.63) is 28.8 Å². The Bertz CT molecular complexity index is 456. The van der Waals surface area contributed by atoms with E-state index in [1.807, 2.05) is 6.07 Å². The van der Waals surface area contributed by atoms with Gasteiger partial charge in [-0.05, 0) is 36.6 Å². The van der Waals surface area contributed by atoms with E-state index in [4.69, 9.17) is 11.6 Å². The fourth-order valence-corrected chi connectivity index (χ4v) is 2.19. The van der Waals surface area contributed by atoms with Crippen LogP contribution in [0.3, 0.4) is 0 Å². The third kappa shape index (κ3) is 1.95. The third-order valence-corrected chi connectivity index (χ3v) is 2.92. The summed E-state index contributed by atoms with van der Waals surface area (Å²) in [5.74, 6) is -0.371. The van der Waals surface area contributed by atoms with Crippen LogP contribution in [-0.4, -0.2) is 11.8 Å². The summed E-state index contributed by atoms with van der Waals surface area (Å²) < 4.78 is 0. The van der Waals surface area contributed by atoms with Gasteiger partial charge in [-0.2, -0.15) is 0 Å². The van der Waals surface area contributed by atoms with Crippen LogP contribution >= 0.6 is 11.6 Å². The van der Waals surface area contributed by atoms with Crippen LogP contribution in [0, 0.1) is 0 Å². The van der Waals surface area contributed by atoms with Crippen molar-refractivity contribution in [2.75, 3.05) is 4.90 Å². The Balaban J connectivity index is 2.54. The fraction of sp³-hybridized carbons (Fsp3) is 0.333. The molecular formula is C12H12ClNO2. The van der Waals surface area contributed by atoms with Gasteiger partial charge in [0.2, 0.25) is 11.8 Å². The summed E-state index contributed by atoms with van der Waals surface area (Å²) >= 11 is 5.91. The number of rotatable bonds is 0. The molecule has 0 spiro atoms. The minimum Gasteiger partial charge on any atom is -0.274 e. The Morgan fingerprint density at radius 1 is 1.38 bits per heavy atom. The number of halogens is 1. The number of nitrogens with zero attached hydrogens (tertiary/aromatic N) is 1. The molecule has 16 heavy (non-hydrogen) atoms. The van der Waals surface area contributed by atoms with Crippen LogP contribution in [0.4, 0.5) is 5.69 Å². The topological polar surface area (TPSA) is 37.4 Å². The molecular weight excluding hydrogens is 226 g/mol. The van der Waals surface area contributed by atoms with Crippen LogP contribution in [-0.2, 0) is 16.0 Å². The van der Waals surface area contributed by atoms with E-state index in [1.54, 1.807) is 12.1 Å². The molecule has 1 aromatic carbocycles. The predicted molar refractivity (Wildman–Crippen MR) is 62.6 cm³/mol. The summed E-state index contributed by atoms with van der Waals surface area (Å²) in [6.07, 6.45) is 1.95. The summed E-state index contributed by atoms with van der Waals surface area (Å²) in [6, 6.07) is 5.27. The molecule has 0 fully saturated rings. The zero-order valence-electron chi connectivity index (χ0n) is 9.00. The van der Waals surface area contributed by atoms with Gasteiger partial charge >= 0.3 is 0 Å². The van der Waals surface area contributed by atoms with Crippen molar-refractivity contribution < 1.29 is 9.59 Å². The highest BCUT2D eigenvalue weighted by molar-refractivity contribution is 6.30. The molecule has 0 aliphatic carbocycles. The quantitative estimate of drug-likeness (QED) is 0.696. The number of carbonyl (C=O) groups is 2. The Morgan fingerprint density at radius 2 is 2.12 bits per heavy atom. The molecule has 0 saturated heterocycles. The summed E-state index contributed by atoms with van der Waals surface area (Å²) in [6.45, 7) is 1.40. The van der Waals surface area contributed by atoms with Gasteiger partial charge in [-0.15, -0.1) is 0 Å². The minimum absolute atomic E-state index is 0.131. The number of hydrogen-bond donors (Lipinski definition) is 0. The van der Waals surface area contributed by atoms with Crippen molar-refractivity contribution >= 4 is 29.1 Å². The third-order valence-electron chi connectivity index (χ3n) is 2.68. The largest absolute Gasteiger partial charge is 0.274 e. The fourth-order valence-electron chi connectivity index (χ4n) is 1.99. The normalized spacial score (nSPS) is 15.6. The maximum atomic E-state index is 11.8. The van der Waals surface area contributed by atoms with E-state index in [9.17, 15) is 9.59 Å². The molecule has 84 valence electrons. The van der Waals surface area contributed by atoms with E-state index in [-0.39, 0.29) is 11.8 Å². The summed E-state index contributed by atoms with van der Waals surface area (Å²) in [5.41, 5.74) is 1.65. The number of benzene rings is 1.